The smallest absolute Gasteiger partial charge is 0.242 e. The molecule has 1 saturated heterocycles. The van der Waals surface area contributed by atoms with E-state index < -0.39 is 21.5 Å². The number of anilines is 1. The monoisotopic (exact) mass is 473 g/mol. The molecular weight excluding hydrogens is 450 g/mol. The second-order valence-corrected chi connectivity index (χ2v) is 10.3. The summed E-state index contributed by atoms with van der Waals surface area (Å²) in [6.45, 7) is 1.52. The maximum absolute atomic E-state index is 13.1. The molecule has 1 N–H and O–H groups in total. The van der Waals surface area contributed by atoms with Crippen LogP contribution in [0.2, 0.25) is 5.02 Å². The number of aromatic nitrogens is 1. The van der Waals surface area contributed by atoms with Gasteiger partial charge in [0.2, 0.25) is 11.8 Å². The average Bonchev–Trinajstić information content (AvgIpc) is 3.13. The fourth-order valence-corrected chi connectivity index (χ4v) is 5.55. The molecule has 0 saturated carbocycles. The quantitative estimate of drug-likeness (QED) is 0.591. The number of benzene rings is 2. The summed E-state index contributed by atoms with van der Waals surface area (Å²) in [5.41, 5.74) is 1.07. The zero-order chi connectivity index (χ0) is 22.7. The number of amides is 2. The minimum atomic E-state index is -3.95. The molecule has 0 bridgehead atoms. The zero-order valence-corrected chi connectivity index (χ0v) is 19.0. The third-order valence-corrected chi connectivity index (χ3v) is 7.40. The molecule has 1 aliphatic rings. The van der Waals surface area contributed by atoms with Crippen molar-refractivity contribution < 1.29 is 18.0 Å². The van der Waals surface area contributed by atoms with Crippen molar-refractivity contribution >= 4 is 49.8 Å². The summed E-state index contributed by atoms with van der Waals surface area (Å²) in [6, 6.07) is 13.5. The molecule has 9 heteroatoms. The van der Waals surface area contributed by atoms with E-state index in [4.69, 9.17) is 11.6 Å². The number of carbonyl (C=O) groups excluding carboxylic acids is 2. The van der Waals surface area contributed by atoms with Gasteiger partial charge in [0.05, 0.1) is 4.90 Å². The van der Waals surface area contributed by atoms with Crippen molar-refractivity contribution in [1.29, 1.82) is 0 Å². The third-order valence-electron chi connectivity index (χ3n) is 5.53. The van der Waals surface area contributed by atoms with Crippen LogP contribution in [0.4, 0.5) is 5.69 Å². The van der Waals surface area contributed by atoms with Gasteiger partial charge in [-0.05, 0) is 43.5 Å². The van der Waals surface area contributed by atoms with Crippen LogP contribution in [0.5, 0.6) is 0 Å². The normalized spacial score (nSPS) is 14.5. The van der Waals surface area contributed by atoms with Crippen molar-refractivity contribution in [3.63, 3.8) is 0 Å². The Bertz CT molecular complexity index is 1260. The molecule has 4 rings (SSSR count). The van der Waals surface area contributed by atoms with Crippen molar-refractivity contribution in [2.45, 2.75) is 30.7 Å². The maximum atomic E-state index is 13.1. The SMILES string of the molecule is O=C(CS(=O)(=O)c1cn(CC(=O)N2CCCCC2)c2ccccc12)Nc1cccc(Cl)c1. The Morgan fingerprint density at radius 3 is 2.50 bits per heavy atom. The van der Waals surface area contributed by atoms with Gasteiger partial charge in [0.15, 0.2) is 9.84 Å². The molecule has 1 aliphatic heterocycles. The lowest BCUT2D eigenvalue weighted by Crippen LogP contribution is -2.37. The highest BCUT2D eigenvalue weighted by molar-refractivity contribution is 7.92. The predicted octanol–water partition coefficient (Wildman–Crippen LogP) is 3.72. The molecule has 0 spiro atoms. The summed E-state index contributed by atoms with van der Waals surface area (Å²) in [4.78, 5) is 27.1. The first-order valence-corrected chi connectivity index (χ1v) is 12.5. The fraction of sp³-hybridized carbons (Fsp3) is 0.304. The minimum Gasteiger partial charge on any atom is -0.341 e. The summed E-state index contributed by atoms with van der Waals surface area (Å²) in [7, 11) is -3.95. The summed E-state index contributed by atoms with van der Waals surface area (Å²) in [5, 5.41) is 3.50. The first-order chi connectivity index (χ1) is 15.3. The lowest BCUT2D eigenvalue weighted by Gasteiger charge is -2.27. The number of piperidine rings is 1. The molecule has 2 aromatic carbocycles. The molecule has 3 aromatic rings. The van der Waals surface area contributed by atoms with Crippen LogP contribution in [0.3, 0.4) is 0 Å². The highest BCUT2D eigenvalue weighted by Gasteiger charge is 2.26. The van der Waals surface area contributed by atoms with Gasteiger partial charge in [-0.1, -0.05) is 35.9 Å². The van der Waals surface area contributed by atoms with Crippen LogP contribution < -0.4 is 5.32 Å². The Balaban J connectivity index is 1.57. The Hall–Kier alpha value is -2.84. The minimum absolute atomic E-state index is 0.0342. The van der Waals surface area contributed by atoms with Gasteiger partial charge >= 0.3 is 0 Å². The van der Waals surface area contributed by atoms with Crippen molar-refractivity contribution in [3.05, 3.63) is 59.8 Å². The molecule has 0 radical (unpaired) electrons. The van der Waals surface area contributed by atoms with E-state index >= 15 is 0 Å². The Labute approximate surface area is 191 Å². The van der Waals surface area contributed by atoms with Crippen LogP contribution in [-0.2, 0) is 26.0 Å². The van der Waals surface area contributed by atoms with E-state index in [1.165, 1.54) is 6.20 Å². The first-order valence-electron chi connectivity index (χ1n) is 10.5. The van der Waals surface area contributed by atoms with Crippen LogP contribution in [0.1, 0.15) is 19.3 Å². The van der Waals surface area contributed by atoms with Gasteiger partial charge in [-0.25, -0.2) is 8.42 Å². The molecule has 1 aromatic heterocycles. The largest absolute Gasteiger partial charge is 0.341 e. The summed E-state index contributed by atoms with van der Waals surface area (Å²) in [5.74, 6) is -1.41. The zero-order valence-electron chi connectivity index (χ0n) is 17.5. The summed E-state index contributed by atoms with van der Waals surface area (Å²) >= 11 is 5.92. The van der Waals surface area contributed by atoms with Gasteiger partial charge in [-0.2, -0.15) is 0 Å². The van der Waals surface area contributed by atoms with Crippen molar-refractivity contribution in [3.8, 4) is 0 Å². The van der Waals surface area contributed by atoms with Crippen LogP contribution in [-0.4, -0.2) is 48.5 Å². The molecule has 0 atom stereocenters. The van der Waals surface area contributed by atoms with E-state index in [0.717, 1.165) is 32.4 Å². The predicted molar refractivity (Wildman–Crippen MR) is 125 cm³/mol. The number of rotatable bonds is 6. The Kier molecular flexibility index (Phi) is 6.53. The van der Waals surface area contributed by atoms with Gasteiger partial charge in [0, 0.05) is 40.9 Å². The number of nitrogens with zero attached hydrogens (tertiary/aromatic N) is 2. The molecular formula is C23H24ClN3O4S. The maximum Gasteiger partial charge on any atom is 0.242 e. The van der Waals surface area contributed by atoms with Gasteiger partial charge in [-0.15, -0.1) is 0 Å². The summed E-state index contributed by atoms with van der Waals surface area (Å²) in [6.07, 6.45) is 4.56. The number of carbonyl (C=O) groups is 2. The number of fused-ring (bicyclic) bond motifs is 1. The lowest BCUT2D eigenvalue weighted by atomic mass is 10.1. The highest BCUT2D eigenvalue weighted by atomic mass is 35.5. The van der Waals surface area contributed by atoms with E-state index in [9.17, 15) is 18.0 Å². The van der Waals surface area contributed by atoms with E-state index in [1.807, 2.05) is 4.90 Å². The number of hydrogen-bond donors (Lipinski definition) is 1. The van der Waals surface area contributed by atoms with Crippen molar-refractivity contribution in [2.75, 3.05) is 24.2 Å². The Morgan fingerprint density at radius 2 is 1.75 bits per heavy atom. The number of hydrogen-bond acceptors (Lipinski definition) is 4. The van der Waals surface area contributed by atoms with Crippen LogP contribution >= 0.6 is 11.6 Å². The Morgan fingerprint density at radius 1 is 1.00 bits per heavy atom. The lowest BCUT2D eigenvalue weighted by molar-refractivity contribution is -0.132. The number of halogens is 1. The summed E-state index contributed by atoms with van der Waals surface area (Å²) < 4.78 is 27.9. The molecule has 2 heterocycles. The van der Waals surface area contributed by atoms with E-state index in [2.05, 4.69) is 5.32 Å². The fourth-order valence-electron chi connectivity index (χ4n) is 3.99. The van der Waals surface area contributed by atoms with Crippen molar-refractivity contribution in [2.24, 2.45) is 0 Å². The molecule has 7 nitrogen and oxygen atoms in total. The second-order valence-electron chi connectivity index (χ2n) is 7.90. The van der Waals surface area contributed by atoms with Gasteiger partial charge in [0.25, 0.3) is 0 Å². The molecule has 2 amide bonds. The van der Waals surface area contributed by atoms with Gasteiger partial charge < -0.3 is 14.8 Å². The molecule has 0 unspecified atom stereocenters. The standard InChI is InChI=1S/C23H24ClN3O4S/c24-17-7-6-8-18(13-17)25-22(28)16-32(30,31)21-14-27(20-10-3-2-9-19(20)21)15-23(29)26-11-4-1-5-12-26/h2-3,6-10,13-14H,1,4-5,11-12,15-16H2,(H,25,28). The molecule has 168 valence electrons. The van der Waals surface area contributed by atoms with E-state index in [1.54, 1.807) is 53.1 Å². The highest BCUT2D eigenvalue weighted by Crippen LogP contribution is 2.27. The molecule has 0 aliphatic carbocycles. The van der Waals surface area contributed by atoms with Crippen LogP contribution in [0.25, 0.3) is 10.9 Å². The molecule has 1 fully saturated rings. The van der Waals surface area contributed by atoms with Crippen LogP contribution in [0.15, 0.2) is 59.6 Å². The first kappa shape index (κ1) is 22.4. The van der Waals surface area contributed by atoms with Gasteiger partial charge in [0.1, 0.15) is 12.3 Å². The van der Waals surface area contributed by atoms with Crippen LogP contribution in [0, 0.1) is 0 Å². The van der Waals surface area contributed by atoms with E-state index in [0.29, 0.717) is 21.6 Å². The number of nitrogens with one attached hydrogen (secondary N) is 1. The average molecular weight is 474 g/mol. The number of likely N-dealkylation sites (tertiary alicyclic amines) is 1. The number of para-hydroxylation sites is 1. The van der Waals surface area contributed by atoms with Crippen molar-refractivity contribution in [1.82, 2.24) is 9.47 Å². The van der Waals surface area contributed by atoms with Gasteiger partial charge in [-0.3, -0.25) is 9.59 Å². The number of sulfone groups is 1. The topological polar surface area (TPSA) is 88.5 Å². The third kappa shape index (κ3) is 4.97. The van der Waals surface area contributed by atoms with E-state index in [-0.39, 0.29) is 17.3 Å². The second kappa shape index (κ2) is 9.34. The molecule has 32 heavy (non-hydrogen) atoms.